The summed E-state index contributed by atoms with van der Waals surface area (Å²) in [5, 5.41) is 3.10. The lowest BCUT2D eigenvalue weighted by Crippen LogP contribution is -2.32. The second-order valence-electron chi connectivity index (χ2n) is 6.92. The summed E-state index contributed by atoms with van der Waals surface area (Å²) < 4.78 is 12.7. The Morgan fingerprint density at radius 2 is 1.52 bits per heavy atom. The van der Waals surface area contributed by atoms with Crippen LogP contribution in [0.25, 0.3) is 11.1 Å². The van der Waals surface area contributed by atoms with Gasteiger partial charge in [-0.3, -0.25) is 9.36 Å². The topological polar surface area (TPSA) is 73.5 Å². The fourth-order valence-corrected chi connectivity index (χ4v) is 3.74. The van der Waals surface area contributed by atoms with Gasteiger partial charge in [0.25, 0.3) is 0 Å². The molecule has 0 radical (unpaired) electrons. The van der Waals surface area contributed by atoms with Gasteiger partial charge in [0.05, 0.1) is 11.6 Å². The first-order chi connectivity index (χ1) is 14.2. The molecule has 2 heterocycles. The van der Waals surface area contributed by atoms with Gasteiger partial charge in [0.15, 0.2) is 5.58 Å². The van der Waals surface area contributed by atoms with Crippen molar-refractivity contribution in [2.45, 2.75) is 19.0 Å². The maximum atomic E-state index is 12.8. The van der Waals surface area contributed by atoms with Crippen LogP contribution in [0, 0.1) is 0 Å². The molecule has 1 aliphatic heterocycles. The van der Waals surface area contributed by atoms with Crippen LogP contribution in [0.15, 0.2) is 82.0 Å². The molecule has 0 saturated heterocycles. The van der Waals surface area contributed by atoms with Crippen LogP contribution in [0.1, 0.15) is 23.6 Å². The van der Waals surface area contributed by atoms with Crippen molar-refractivity contribution in [3.8, 4) is 11.5 Å². The molecule has 6 heteroatoms. The van der Waals surface area contributed by atoms with Gasteiger partial charge in [-0.1, -0.05) is 48.5 Å². The van der Waals surface area contributed by atoms with E-state index in [9.17, 15) is 9.59 Å². The molecule has 144 valence electrons. The van der Waals surface area contributed by atoms with Gasteiger partial charge < -0.3 is 14.5 Å². The number of para-hydroxylation sites is 4. The lowest BCUT2D eigenvalue weighted by atomic mass is 9.94. The first kappa shape index (κ1) is 17.3. The molecular formula is C23H18N2O4. The Morgan fingerprint density at radius 1 is 0.897 bits per heavy atom. The molecular weight excluding hydrogens is 368 g/mol. The predicted octanol–water partition coefficient (Wildman–Crippen LogP) is 4.00. The molecule has 0 bridgehead atoms. The van der Waals surface area contributed by atoms with E-state index in [1.165, 1.54) is 4.57 Å². The van der Waals surface area contributed by atoms with Crippen LogP contribution < -0.4 is 15.8 Å². The summed E-state index contributed by atoms with van der Waals surface area (Å²) in [6.07, 6.45) is 0.158. The summed E-state index contributed by atoms with van der Waals surface area (Å²) in [7, 11) is 0. The highest BCUT2D eigenvalue weighted by molar-refractivity contribution is 5.78. The van der Waals surface area contributed by atoms with Gasteiger partial charge in [0.2, 0.25) is 5.91 Å². The number of carbonyl (C=O) groups excluding carboxylic acids is 1. The number of benzene rings is 3. The maximum Gasteiger partial charge on any atom is 0.419 e. The van der Waals surface area contributed by atoms with Gasteiger partial charge in [-0.25, -0.2) is 4.79 Å². The normalized spacial score (nSPS) is 12.8. The third-order valence-corrected chi connectivity index (χ3v) is 5.12. The molecule has 0 saturated carbocycles. The number of hydrogen-bond acceptors (Lipinski definition) is 4. The standard InChI is InChI=1S/C23H18N2O4/c26-21(13-14-25-17-9-3-6-12-20(17)29-23(25)27)24-22-15-7-1-4-10-18(15)28-19-11-5-2-8-16(19)22/h1-12,22H,13-14H2,(H,24,26). The SMILES string of the molecule is O=C(CCn1c(=O)oc2ccccc21)NC1c2ccccc2Oc2ccccc21. The number of carbonyl (C=O) groups is 1. The van der Waals surface area contributed by atoms with Crippen molar-refractivity contribution >= 4 is 17.0 Å². The second kappa shape index (κ2) is 6.98. The minimum absolute atomic E-state index is 0.154. The first-order valence-electron chi connectivity index (χ1n) is 9.44. The fourth-order valence-electron chi connectivity index (χ4n) is 3.74. The average molecular weight is 386 g/mol. The minimum Gasteiger partial charge on any atom is -0.457 e. The van der Waals surface area contributed by atoms with E-state index in [4.69, 9.17) is 9.15 Å². The summed E-state index contributed by atoms with van der Waals surface area (Å²) in [5.74, 6) is 0.849. The number of hydrogen-bond donors (Lipinski definition) is 1. The highest BCUT2D eigenvalue weighted by Crippen LogP contribution is 2.42. The van der Waals surface area contributed by atoms with E-state index in [2.05, 4.69) is 5.32 Å². The van der Waals surface area contributed by atoms with Gasteiger partial charge in [-0.05, 0) is 24.3 Å². The van der Waals surface area contributed by atoms with Gasteiger partial charge in [0, 0.05) is 24.1 Å². The molecule has 0 aliphatic carbocycles. The number of amides is 1. The first-order valence-corrected chi connectivity index (χ1v) is 9.44. The van der Waals surface area contributed by atoms with E-state index in [-0.39, 0.29) is 24.9 Å². The number of fused-ring (bicyclic) bond motifs is 3. The highest BCUT2D eigenvalue weighted by atomic mass is 16.5. The van der Waals surface area contributed by atoms with E-state index in [0.717, 1.165) is 22.6 Å². The van der Waals surface area contributed by atoms with Crippen molar-refractivity contribution in [2.75, 3.05) is 0 Å². The lowest BCUT2D eigenvalue weighted by molar-refractivity contribution is -0.121. The van der Waals surface area contributed by atoms with Gasteiger partial charge in [-0.15, -0.1) is 0 Å². The molecule has 0 unspecified atom stereocenters. The van der Waals surface area contributed by atoms with Gasteiger partial charge >= 0.3 is 5.76 Å². The molecule has 0 atom stereocenters. The van der Waals surface area contributed by atoms with Crippen molar-refractivity contribution in [1.82, 2.24) is 9.88 Å². The molecule has 5 rings (SSSR count). The Kier molecular flexibility index (Phi) is 4.17. The van der Waals surface area contributed by atoms with Crippen molar-refractivity contribution in [3.05, 3.63) is 94.5 Å². The number of ether oxygens (including phenoxy) is 1. The molecule has 1 aliphatic rings. The summed E-state index contributed by atoms with van der Waals surface area (Å²) in [6.45, 7) is 0.244. The van der Waals surface area contributed by atoms with E-state index in [1.807, 2.05) is 66.7 Å². The van der Waals surface area contributed by atoms with E-state index < -0.39 is 5.76 Å². The molecule has 1 N–H and O–H groups in total. The number of rotatable bonds is 4. The van der Waals surface area contributed by atoms with Crippen LogP contribution in [-0.2, 0) is 11.3 Å². The Hall–Kier alpha value is -3.80. The Labute approximate surface area is 166 Å². The largest absolute Gasteiger partial charge is 0.457 e. The second-order valence-corrected chi connectivity index (χ2v) is 6.92. The molecule has 4 aromatic rings. The maximum absolute atomic E-state index is 12.8. The number of nitrogens with one attached hydrogen (secondary N) is 1. The third-order valence-electron chi connectivity index (χ3n) is 5.12. The molecule has 0 spiro atoms. The monoisotopic (exact) mass is 386 g/mol. The number of aromatic nitrogens is 1. The van der Waals surface area contributed by atoms with E-state index in [0.29, 0.717) is 11.1 Å². The minimum atomic E-state index is -0.458. The zero-order valence-corrected chi connectivity index (χ0v) is 15.5. The number of nitrogens with zero attached hydrogens (tertiary/aromatic N) is 1. The highest BCUT2D eigenvalue weighted by Gasteiger charge is 2.28. The van der Waals surface area contributed by atoms with E-state index >= 15 is 0 Å². The van der Waals surface area contributed by atoms with Crippen LogP contribution in [0.5, 0.6) is 11.5 Å². The molecule has 1 aromatic heterocycles. The molecule has 29 heavy (non-hydrogen) atoms. The molecule has 1 amide bonds. The van der Waals surface area contributed by atoms with Gasteiger partial charge in [0.1, 0.15) is 11.5 Å². The van der Waals surface area contributed by atoms with E-state index in [1.54, 1.807) is 6.07 Å². The molecule has 3 aromatic carbocycles. The Bertz CT molecular complexity index is 1230. The smallest absolute Gasteiger partial charge is 0.419 e. The molecule has 0 fully saturated rings. The Balaban J connectivity index is 1.39. The van der Waals surface area contributed by atoms with Crippen LogP contribution in [-0.4, -0.2) is 10.5 Å². The van der Waals surface area contributed by atoms with Crippen LogP contribution in [0.4, 0.5) is 0 Å². The van der Waals surface area contributed by atoms with Crippen molar-refractivity contribution in [2.24, 2.45) is 0 Å². The van der Waals surface area contributed by atoms with Crippen LogP contribution >= 0.6 is 0 Å². The summed E-state index contributed by atoms with van der Waals surface area (Å²) in [6, 6.07) is 22.2. The molecule has 6 nitrogen and oxygen atoms in total. The number of aryl methyl sites for hydroxylation is 1. The summed E-state index contributed by atoms with van der Waals surface area (Å²) in [5.41, 5.74) is 3.02. The predicted molar refractivity (Wildman–Crippen MR) is 108 cm³/mol. The number of oxazole rings is 1. The fraction of sp³-hybridized carbons (Fsp3) is 0.130. The average Bonchev–Trinajstić information content (AvgIpc) is 3.07. The van der Waals surface area contributed by atoms with Gasteiger partial charge in [-0.2, -0.15) is 0 Å². The summed E-state index contributed by atoms with van der Waals surface area (Å²) >= 11 is 0. The zero-order valence-electron chi connectivity index (χ0n) is 15.5. The van der Waals surface area contributed by atoms with Crippen molar-refractivity contribution in [1.29, 1.82) is 0 Å². The third kappa shape index (κ3) is 3.08. The van der Waals surface area contributed by atoms with Crippen molar-refractivity contribution in [3.63, 3.8) is 0 Å². The van der Waals surface area contributed by atoms with Crippen molar-refractivity contribution < 1.29 is 13.9 Å². The lowest BCUT2D eigenvalue weighted by Gasteiger charge is -2.28. The van der Waals surface area contributed by atoms with Crippen LogP contribution in [0.2, 0.25) is 0 Å². The Morgan fingerprint density at radius 3 is 2.24 bits per heavy atom. The quantitative estimate of drug-likeness (QED) is 0.575. The zero-order chi connectivity index (χ0) is 19.8. The summed E-state index contributed by atoms with van der Waals surface area (Å²) in [4.78, 5) is 24.9. The van der Waals surface area contributed by atoms with Crippen LogP contribution in [0.3, 0.4) is 0 Å².